The van der Waals surface area contributed by atoms with E-state index in [1.165, 1.54) is 6.92 Å². The predicted molar refractivity (Wildman–Crippen MR) is 148 cm³/mol. The monoisotopic (exact) mass is 586 g/mol. The van der Waals surface area contributed by atoms with Crippen LogP contribution in [-0.4, -0.2) is 41.2 Å². The molecule has 1 N–H and O–H groups in total. The van der Waals surface area contributed by atoms with Crippen LogP contribution in [0.15, 0.2) is 65.1 Å². The number of nitrogens with zero attached hydrogens (tertiary/aromatic N) is 1. The zero-order valence-corrected chi connectivity index (χ0v) is 23.3. The van der Waals surface area contributed by atoms with Crippen LogP contribution in [0.4, 0.5) is 5.69 Å². The van der Waals surface area contributed by atoms with E-state index in [9.17, 15) is 19.2 Å². The number of ether oxygens (including phenoxy) is 1. The van der Waals surface area contributed by atoms with E-state index in [0.717, 1.165) is 42.8 Å². The largest absolute Gasteiger partial charge is 0.454 e. The Hall–Kier alpha value is -3.78. The van der Waals surface area contributed by atoms with E-state index >= 15 is 0 Å². The van der Waals surface area contributed by atoms with Gasteiger partial charge in [-0.3, -0.25) is 19.3 Å². The lowest BCUT2D eigenvalue weighted by Gasteiger charge is -2.45. The number of halogens is 1. The van der Waals surface area contributed by atoms with Gasteiger partial charge in [-0.2, -0.15) is 0 Å². The maximum Gasteiger partial charge on any atom is 0.329 e. The Morgan fingerprint density at radius 3 is 1.85 bits per heavy atom. The van der Waals surface area contributed by atoms with Gasteiger partial charge < -0.3 is 10.1 Å². The van der Waals surface area contributed by atoms with Gasteiger partial charge in [0.15, 0.2) is 6.61 Å². The molecule has 3 atom stereocenters. The van der Waals surface area contributed by atoms with Gasteiger partial charge in [-0.05, 0) is 66.3 Å². The van der Waals surface area contributed by atoms with Gasteiger partial charge in [-0.25, -0.2) is 4.79 Å². The van der Waals surface area contributed by atoms with Crippen LogP contribution in [0.3, 0.4) is 0 Å². The second-order valence-electron chi connectivity index (χ2n) is 10.6. The molecular formula is C31H27BrN2O5. The number of carbonyl (C=O) groups is 4. The van der Waals surface area contributed by atoms with Gasteiger partial charge in [-0.15, -0.1) is 0 Å². The Balaban J connectivity index is 1.20. The van der Waals surface area contributed by atoms with Crippen molar-refractivity contribution >= 4 is 45.3 Å². The molecule has 8 heteroatoms. The van der Waals surface area contributed by atoms with Crippen LogP contribution >= 0.6 is 15.9 Å². The minimum atomic E-state index is -1.15. The first-order valence-corrected chi connectivity index (χ1v) is 13.8. The predicted octanol–water partition coefficient (Wildman–Crippen LogP) is 4.83. The van der Waals surface area contributed by atoms with Crippen LogP contribution in [0.5, 0.6) is 0 Å². The first-order valence-electron chi connectivity index (χ1n) is 13.0. The molecule has 0 aromatic heterocycles. The minimum absolute atomic E-state index is 0.250. The van der Waals surface area contributed by atoms with E-state index in [2.05, 4.69) is 21.2 Å². The van der Waals surface area contributed by atoms with Crippen LogP contribution in [0.25, 0.3) is 0 Å². The number of amides is 3. The quantitative estimate of drug-likeness (QED) is 0.341. The molecule has 39 heavy (non-hydrogen) atoms. The standard InChI is InChI=1S/C31H27BrN2O5/c1-15-13-23(16(2)12-22(15)32)33-24(35)14-39-31(38)17(3)34-29(36)27-25-18-8-4-5-9-19(18)26(28(27)30(34)37)21-11-7-6-10-20(21)25/h4-13,17,25-28H,14H2,1-3H3,(H,33,35)/t17-,25?,26?,27-,28-/m0/s1. The molecular weight excluding hydrogens is 560 g/mol. The molecule has 0 radical (unpaired) electrons. The molecule has 7 nitrogen and oxygen atoms in total. The second-order valence-corrected chi connectivity index (χ2v) is 11.4. The summed E-state index contributed by atoms with van der Waals surface area (Å²) in [4.78, 5) is 54.2. The molecule has 3 aliphatic carbocycles. The Labute approximate surface area is 234 Å². The minimum Gasteiger partial charge on any atom is -0.454 e. The van der Waals surface area contributed by atoms with E-state index in [-0.39, 0.29) is 23.7 Å². The van der Waals surface area contributed by atoms with Gasteiger partial charge in [0.1, 0.15) is 6.04 Å². The summed E-state index contributed by atoms with van der Waals surface area (Å²) in [6.07, 6.45) is 0. The van der Waals surface area contributed by atoms with Crippen molar-refractivity contribution < 1.29 is 23.9 Å². The van der Waals surface area contributed by atoms with Gasteiger partial charge in [0.05, 0.1) is 11.8 Å². The van der Waals surface area contributed by atoms with Crippen LogP contribution in [0, 0.1) is 25.7 Å². The van der Waals surface area contributed by atoms with Gasteiger partial charge in [0.2, 0.25) is 11.8 Å². The summed E-state index contributed by atoms with van der Waals surface area (Å²) in [7, 11) is 0. The molecule has 0 saturated carbocycles. The molecule has 2 bridgehead atoms. The van der Waals surface area contributed by atoms with E-state index in [1.54, 1.807) is 0 Å². The molecule has 7 rings (SSSR count). The smallest absolute Gasteiger partial charge is 0.329 e. The maximum absolute atomic E-state index is 13.8. The topological polar surface area (TPSA) is 92.8 Å². The maximum atomic E-state index is 13.8. The summed E-state index contributed by atoms with van der Waals surface area (Å²) in [6, 6.07) is 18.5. The van der Waals surface area contributed by atoms with Crippen LogP contribution in [-0.2, 0) is 23.9 Å². The summed E-state index contributed by atoms with van der Waals surface area (Å²) < 4.78 is 6.21. The number of rotatable bonds is 5. The van der Waals surface area contributed by atoms with Crippen molar-refractivity contribution in [2.24, 2.45) is 11.8 Å². The van der Waals surface area contributed by atoms with Gasteiger partial charge in [0.25, 0.3) is 5.91 Å². The average molecular weight is 587 g/mol. The Morgan fingerprint density at radius 1 is 0.872 bits per heavy atom. The molecule has 3 amide bonds. The number of hydrogen-bond donors (Lipinski definition) is 1. The lowest BCUT2D eigenvalue weighted by atomic mass is 9.55. The number of anilines is 1. The van der Waals surface area contributed by atoms with Crippen molar-refractivity contribution in [2.45, 2.75) is 38.6 Å². The third-order valence-electron chi connectivity index (χ3n) is 8.34. The van der Waals surface area contributed by atoms with Crippen molar-refractivity contribution in [3.8, 4) is 0 Å². The molecule has 0 unspecified atom stereocenters. The zero-order chi connectivity index (χ0) is 27.6. The van der Waals surface area contributed by atoms with Gasteiger partial charge >= 0.3 is 5.97 Å². The van der Waals surface area contributed by atoms with E-state index in [0.29, 0.717) is 5.69 Å². The van der Waals surface area contributed by atoms with E-state index in [4.69, 9.17) is 4.74 Å². The highest BCUT2D eigenvalue weighted by Crippen LogP contribution is 2.61. The number of benzene rings is 3. The Kier molecular flexibility index (Phi) is 6.18. The first-order chi connectivity index (χ1) is 18.7. The summed E-state index contributed by atoms with van der Waals surface area (Å²) >= 11 is 3.46. The first kappa shape index (κ1) is 25.5. The third-order valence-corrected chi connectivity index (χ3v) is 9.19. The Bertz CT molecular complexity index is 1450. The Morgan fingerprint density at radius 2 is 1.36 bits per heavy atom. The summed E-state index contributed by atoms with van der Waals surface area (Å²) in [5.74, 6) is -3.67. The van der Waals surface area contributed by atoms with Crippen molar-refractivity contribution in [2.75, 3.05) is 11.9 Å². The molecule has 1 heterocycles. The molecule has 198 valence electrons. The number of nitrogens with one attached hydrogen (secondary N) is 1. The highest BCUT2D eigenvalue weighted by Gasteiger charge is 2.62. The lowest BCUT2D eigenvalue weighted by molar-refractivity contribution is -0.159. The summed E-state index contributed by atoms with van der Waals surface area (Å²) in [6.45, 7) is 4.73. The van der Waals surface area contributed by atoms with Crippen LogP contribution in [0.2, 0.25) is 0 Å². The fourth-order valence-electron chi connectivity index (χ4n) is 6.55. The normalized spacial score (nSPS) is 23.1. The molecule has 1 aliphatic heterocycles. The highest BCUT2D eigenvalue weighted by atomic mass is 79.9. The molecule has 3 aromatic rings. The van der Waals surface area contributed by atoms with E-state index < -0.39 is 36.4 Å². The number of likely N-dealkylation sites (tertiary alicyclic amines) is 1. The van der Waals surface area contributed by atoms with E-state index in [1.807, 2.05) is 74.5 Å². The summed E-state index contributed by atoms with van der Waals surface area (Å²) in [5, 5.41) is 2.76. The van der Waals surface area contributed by atoms with Crippen molar-refractivity contribution in [1.29, 1.82) is 0 Å². The van der Waals surface area contributed by atoms with Crippen molar-refractivity contribution in [3.05, 3.63) is 98.5 Å². The lowest BCUT2D eigenvalue weighted by Crippen LogP contribution is -2.45. The fraction of sp³-hybridized carbons (Fsp3) is 0.290. The second kappa shape index (κ2) is 9.45. The van der Waals surface area contributed by atoms with Crippen molar-refractivity contribution in [3.63, 3.8) is 0 Å². The molecule has 3 aromatic carbocycles. The van der Waals surface area contributed by atoms with Crippen molar-refractivity contribution in [1.82, 2.24) is 4.90 Å². The average Bonchev–Trinajstić information content (AvgIpc) is 3.20. The molecule has 0 spiro atoms. The zero-order valence-electron chi connectivity index (χ0n) is 21.7. The fourth-order valence-corrected chi connectivity index (χ4v) is 7.00. The van der Waals surface area contributed by atoms with Gasteiger partial charge in [-0.1, -0.05) is 64.5 Å². The van der Waals surface area contributed by atoms with Crippen LogP contribution < -0.4 is 5.32 Å². The number of esters is 1. The number of aryl methyl sites for hydroxylation is 2. The van der Waals surface area contributed by atoms with Crippen LogP contribution in [0.1, 0.15) is 52.1 Å². The highest BCUT2D eigenvalue weighted by molar-refractivity contribution is 9.10. The molecule has 4 aliphatic rings. The molecule has 1 saturated heterocycles. The van der Waals surface area contributed by atoms with Gasteiger partial charge in [0, 0.05) is 22.0 Å². The number of hydrogen-bond acceptors (Lipinski definition) is 5. The number of imide groups is 1. The summed E-state index contributed by atoms with van der Waals surface area (Å²) in [5.41, 5.74) is 6.69. The third kappa shape index (κ3) is 3.92. The number of carbonyl (C=O) groups excluding carboxylic acids is 4. The molecule has 1 fully saturated rings. The SMILES string of the molecule is Cc1cc(NC(=O)COC(=O)[C@H](C)N2C(=O)[C@H]3C4c5ccccc5C(c5ccccc54)[C@@H]3C2=O)c(C)cc1Br.